The summed E-state index contributed by atoms with van der Waals surface area (Å²) in [6.45, 7) is 10.8. The van der Waals surface area contributed by atoms with Crippen molar-refractivity contribution in [2.45, 2.75) is 101 Å². The van der Waals surface area contributed by atoms with Gasteiger partial charge in [0.15, 0.2) is 0 Å². The predicted molar refractivity (Wildman–Crippen MR) is 185 cm³/mol. The van der Waals surface area contributed by atoms with Crippen molar-refractivity contribution < 1.29 is 41.8 Å². The second kappa shape index (κ2) is 14.1. The van der Waals surface area contributed by atoms with E-state index in [0.717, 1.165) is 5.39 Å². The lowest BCUT2D eigenvalue weighted by Crippen LogP contribution is -2.58. The maximum atomic E-state index is 14.4. The van der Waals surface area contributed by atoms with Crippen LogP contribution in [-0.4, -0.2) is 102 Å². The van der Waals surface area contributed by atoms with E-state index < -0.39 is 74.3 Å². The highest BCUT2D eigenvalue weighted by Crippen LogP contribution is 2.45. The fourth-order valence-electron chi connectivity index (χ4n) is 6.31. The van der Waals surface area contributed by atoms with Crippen molar-refractivity contribution in [3.8, 4) is 11.6 Å². The maximum absolute atomic E-state index is 14.4. The molecule has 1 aromatic carbocycles. The summed E-state index contributed by atoms with van der Waals surface area (Å²) in [4.78, 5) is 62.1. The quantitative estimate of drug-likeness (QED) is 0.293. The SMILES string of the molecule is C=CC1CC1(NC(=O)C1CC(Oc2nccc3cc(OC)ccc23)CN1C(=O)C(CCC)N(C)C(=O)OC(C)(C)C)C(=O)NS(=O)(=O)C1CC1. The standard InChI is InChI=1S/C35H47N5O9S/c1-8-10-27(39(6)33(44)49-34(3,4)5)31(42)40-20-24(48-30-26-14-11-23(47-7)17-21(26)15-16-36-30)18-28(40)29(41)37-35(19-22(35)9-2)32(43)38-50(45,46)25-12-13-25/h9,11,14-17,22,24-25,27-28H,2,8,10,12-13,18-20H2,1,3-7H3,(H,37,41)(H,38,43). The van der Waals surface area contributed by atoms with Crippen LogP contribution in [0.1, 0.15) is 66.2 Å². The van der Waals surface area contributed by atoms with Crippen LogP contribution in [0.2, 0.25) is 0 Å². The molecule has 2 aliphatic carbocycles. The number of fused-ring (bicyclic) bond motifs is 1. The predicted octanol–water partition coefficient (Wildman–Crippen LogP) is 3.30. The van der Waals surface area contributed by atoms with Crippen LogP contribution in [0, 0.1) is 5.92 Å². The lowest BCUT2D eigenvalue weighted by atomic mass is 10.1. The van der Waals surface area contributed by atoms with Crippen molar-refractivity contribution in [1.82, 2.24) is 24.8 Å². The van der Waals surface area contributed by atoms with Crippen molar-refractivity contribution >= 4 is 44.6 Å². The Kier molecular flexibility index (Phi) is 10.4. The van der Waals surface area contributed by atoms with Gasteiger partial charge in [0.25, 0.3) is 5.91 Å². The molecule has 5 atom stereocenters. The number of sulfonamides is 1. The summed E-state index contributed by atoms with van der Waals surface area (Å²) >= 11 is 0. The highest BCUT2D eigenvalue weighted by Gasteiger charge is 2.62. The Balaban J connectivity index is 1.44. The number of likely N-dealkylation sites (tertiary alicyclic amines) is 1. The minimum Gasteiger partial charge on any atom is -0.497 e. The number of likely N-dealkylation sites (N-methyl/N-ethyl adjacent to an activating group) is 1. The summed E-state index contributed by atoms with van der Waals surface area (Å²) < 4.78 is 44.7. The van der Waals surface area contributed by atoms with Gasteiger partial charge in [-0.1, -0.05) is 19.4 Å². The van der Waals surface area contributed by atoms with Gasteiger partial charge in [-0.05, 0) is 76.1 Å². The van der Waals surface area contributed by atoms with Crippen molar-refractivity contribution in [3.05, 3.63) is 43.1 Å². The lowest BCUT2D eigenvalue weighted by molar-refractivity contribution is -0.143. The van der Waals surface area contributed by atoms with Crippen LogP contribution in [0.15, 0.2) is 43.1 Å². The van der Waals surface area contributed by atoms with Crippen LogP contribution in [0.25, 0.3) is 10.8 Å². The summed E-state index contributed by atoms with van der Waals surface area (Å²) in [5.41, 5.74) is -2.34. The number of nitrogens with one attached hydrogen (secondary N) is 2. The van der Waals surface area contributed by atoms with E-state index in [1.807, 2.05) is 25.1 Å². The van der Waals surface area contributed by atoms with E-state index in [4.69, 9.17) is 14.2 Å². The number of carbonyl (C=O) groups is 4. The third-order valence-corrected chi connectivity index (χ3v) is 11.1. The first-order valence-electron chi connectivity index (χ1n) is 16.9. The fourth-order valence-corrected chi connectivity index (χ4v) is 7.67. The summed E-state index contributed by atoms with van der Waals surface area (Å²) in [6.07, 6.45) is 3.67. The van der Waals surface area contributed by atoms with E-state index in [-0.39, 0.29) is 19.4 Å². The molecule has 5 rings (SSSR count). The number of hydrogen-bond donors (Lipinski definition) is 2. The molecule has 2 saturated carbocycles. The van der Waals surface area contributed by atoms with E-state index in [1.54, 1.807) is 40.1 Å². The molecule has 272 valence electrons. The first-order valence-corrected chi connectivity index (χ1v) is 18.4. The molecule has 3 fully saturated rings. The van der Waals surface area contributed by atoms with Crippen LogP contribution in [-0.2, 0) is 29.1 Å². The largest absolute Gasteiger partial charge is 0.497 e. The number of benzene rings is 1. The van der Waals surface area contributed by atoms with Crippen molar-refractivity contribution in [2.24, 2.45) is 5.92 Å². The molecule has 50 heavy (non-hydrogen) atoms. The first-order chi connectivity index (χ1) is 23.5. The molecule has 0 radical (unpaired) electrons. The van der Waals surface area contributed by atoms with Gasteiger partial charge in [0, 0.05) is 31.0 Å². The number of pyridine rings is 1. The average Bonchev–Trinajstić information content (AvgIpc) is 3.99. The van der Waals surface area contributed by atoms with Gasteiger partial charge < -0.3 is 24.4 Å². The Labute approximate surface area is 292 Å². The van der Waals surface area contributed by atoms with Crippen LogP contribution < -0.4 is 19.5 Å². The van der Waals surface area contributed by atoms with Gasteiger partial charge in [0.1, 0.15) is 35.1 Å². The number of rotatable bonds is 13. The van der Waals surface area contributed by atoms with Crippen LogP contribution >= 0.6 is 0 Å². The molecule has 0 spiro atoms. The van der Waals surface area contributed by atoms with E-state index in [9.17, 15) is 27.6 Å². The molecule has 3 aliphatic rings. The molecule has 2 N–H and O–H groups in total. The zero-order valence-corrected chi connectivity index (χ0v) is 30.2. The smallest absolute Gasteiger partial charge is 0.410 e. The number of hydrogen-bond acceptors (Lipinski definition) is 10. The van der Waals surface area contributed by atoms with Crippen molar-refractivity contribution in [1.29, 1.82) is 0 Å². The highest BCUT2D eigenvalue weighted by atomic mass is 32.2. The monoisotopic (exact) mass is 713 g/mol. The van der Waals surface area contributed by atoms with Crippen LogP contribution in [0.3, 0.4) is 0 Å². The Morgan fingerprint density at radius 1 is 1.20 bits per heavy atom. The molecule has 2 heterocycles. The third kappa shape index (κ3) is 7.82. The fraction of sp³-hybridized carbons (Fsp3) is 0.571. The number of amides is 4. The number of ether oxygens (including phenoxy) is 3. The van der Waals surface area contributed by atoms with E-state index in [0.29, 0.717) is 42.7 Å². The van der Waals surface area contributed by atoms with Crippen LogP contribution in [0.5, 0.6) is 11.6 Å². The first kappa shape index (κ1) is 36.9. The Morgan fingerprint density at radius 2 is 1.92 bits per heavy atom. The normalized spacial score (nSPS) is 23.8. The molecular weight excluding hydrogens is 666 g/mol. The van der Waals surface area contributed by atoms with E-state index >= 15 is 0 Å². The van der Waals surface area contributed by atoms with Gasteiger partial charge in [0.05, 0.1) is 18.9 Å². The zero-order chi connectivity index (χ0) is 36.6. The number of nitrogens with zero attached hydrogens (tertiary/aromatic N) is 3. The minimum absolute atomic E-state index is 0.0202. The molecule has 1 aromatic heterocycles. The molecule has 5 unspecified atom stereocenters. The maximum Gasteiger partial charge on any atom is 0.410 e. The molecule has 2 aromatic rings. The molecular formula is C35H47N5O9S. The summed E-state index contributed by atoms with van der Waals surface area (Å²) in [7, 11) is -0.835. The Bertz CT molecular complexity index is 1770. The number of methoxy groups -OCH3 is 1. The average molecular weight is 714 g/mol. The van der Waals surface area contributed by atoms with Gasteiger partial charge in [-0.15, -0.1) is 6.58 Å². The second-order valence-electron chi connectivity index (χ2n) is 14.3. The van der Waals surface area contributed by atoms with Gasteiger partial charge in [0.2, 0.25) is 27.7 Å². The Morgan fingerprint density at radius 3 is 2.52 bits per heavy atom. The zero-order valence-electron chi connectivity index (χ0n) is 29.4. The van der Waals surface area contributed by atoms with Gasteiger partial charge >= 0.3 is 6.09 Å². The molecule has 1 saturated heterocycles. The number of aromatic nitrogens is 1. The van der Waals surface area contributed by atoms with Gasteiger partial charge in [-0.2, -0.15) is 0 Å². The van der Waals surface area contributed by atoms with E-state index in [1.165, 1.54) is 22.9 Å². The molecule has 0 bridgehead atoms. The summed E-state index contributed by atoms with van der Waals surface area (Å²) in [5, 5.41) is 3.67. The van der Waals surface area contributed by atoms with Gasteiger partial charge in [-0.3, -0.25) is 24.0 Å². The lowest BCUT2D eigenvalue weighted by Gasteiger charge is -2.34. The Hall–Kier alpha value is -4.40. The molecule has 14 nitrogen and oxygen atoms in total. The summed E-state index contributed by atoms with van der Waals surface area (Å²) in [5.74, 6) is -1.54. The van der Waals surface area contributed by atoms with Gasteiger partial charge in [-0.25, -0.2) is 18.2 Å². The highest BCUT2D eigenvalue weighted by molar-refractivity contribution is 7.91. The molecule has 15 heteroatoms. The molecule has 1 aliphatic heterocycles. The summed E-state index contributed by atoms with van der Waals surface area (Å²) in [6, 6.07) is 5.16. The second-order valence-corrected chi connectivity index (χ2v) is 16.2. The topological polar surface area (TPSA) is 174 Å². The van der Waals surface area contributed by atoms with Crippen molar-refractivity contribution in [2.75, 3.05) is 20.7 Å². The van der Waals surface area contributed by atoms with E-state index in [2.05, 4.69) is 21.6 Å². The van der Waals surface area contributed by atoms with Crippen molar-refractivity contribution in [3.63, 3.8) is 0 Å². The number of carbonyl (C=O) groups excluding carboxylic acids is 4. The molecule has 4 amide bonds. The van der Waals surface area contributed by atoms with Crippen LogP contribution in [0.4, 0.5) is 4.79 Å². The minimum atomic E-state index is -3.89. The third-order valence-electron chi connectivity index (χ3n) is 9.31.